The van der Waals surface area contributed by atoms with Gasteiger partial charge < -0.3 is 23.6 Å². The molecular weight excluding hydrogens is 621 g/mol. The SMILES string of the molecule is CC(C)OC(=O)C(C)NP(=S)(OCC1(C(F)F)OC(n2cc(F)c(=O)[nH]c2=O)C(F)C1O)Oc1cccc2ccccc12. The number of fused-ring (bicyclic) bond motifs is 1. The largest absolute Gasteiger partial charge is 0.462 e. The second kappa shape index (κ2) is 12.8. The van der Waals surface area contributed by atoms with E-state index < -0.39 is 79.0 Å². The van der Waals surface area contributed by atoms with Gasteiger partial charge in [0.25, 0.3) is 12.0 Å². The smallest absolute Gasteiger partial charge is 0.330 e. The number of rotatable bonds is 11. The number of H-pyrrole nitrogens is 1. The Morgan fingerprint density at radius 2 is 1.88 bits per heavy atom. The van der Waals surface area contributed by atoms with Crippen molar-refractivity contribution in [2.75, 3.05) is 6.61 Å². The summed E-state index contributed by atoms with van der Waals surface area (Å²) in [4.78, 5) is 37.7. The van der Waals surface area contributed by atoms with Crippen LogP contribution in [0.1, 0.15) is 27.0 Å². The predicted octanol–water partition coefficient (Wildman–Crippen LogP) is 3.31. The molecule has 234 valence electrons. The average Bonchev–Trinajstić information content (AvgIpc) is 3.20. The normalized spacial score (nSPS) is 24.3. The molecule has 11 nitrogen and oxygen atoms in total. The van der Waals surface area contributed by atoms with Gasteiger partial charge in [0, 0.05) is 5.39 Å². The van der Waals surface area contributed by atoms with Gasteiger partial charge in [-0.15, -0.1) is 0 Å². The van der Waals surface area contributed by atoms with E-state index in [2.05, 4.69) is 5.09 Å². The van der Waals surface area contributed by atoms with E-state index in [1.807, 2.05) is 0 Å². The Bertz CT molecular complexity index is 1650. The Hall–Kier alpha value is -3.14. The zero-order chi connectivity index (χ0) is 31.7. The molecule has 0 amide bonds. The third-order valence-corrected chi connectivity index (χ3v) is 8.93. The highest BCUT2D eigenvalue weighted by Crippen LogP contribution is 2.50. The van der Waals surface area contributed by atoms with Crippen LogP contribution in [0.3, 0.4) is 0 Å². The lowest BCUT2D eigenvalue weighted by molar-refractivity contribution is -0.192. The number of nitrogens with one attached hydrogen (secondary N) is 2. The quantitative estimate of drug-likeness (QED) is 0.161. The lowest BCUT2D eigenvalue weighted by atomic mass is 9.97. The molecule has 1 aliphatic rings. The van der Waals surface area contributed by atoms with Crippen LogP contribution in [0.2, 0.25) is 0 Å². The van der Waals surface area contributed by atoms with Crippen LogP contribution in [0.4, 0.5) is 17.6 Å². The van der Waals surface area contributed by atoms with Gasteiger partial charge in [0.05, 0.1) is 18.9 Å². The van der Waals surface area contributed by atoms with E-state index in [-0.39, 0.29) is 16.5 Å². The average molecular weight is 650 g/mol. The molecule has 4 rings (SSSR count). The zero-order valence-corrected chi connectivity index (χ0v) is 24.6. The lowest BCUT2D eigenvalue weighted by Gasteiger charge is -2.34. The van der Waals surface area contributed by atoms with Gasteiger partial charge in [-0.25, -0.2) is 23.1 Å². The van der Waals surface area contributed by atoms with E-state index in [1.165, 1.54) is 13.0 Å². The number of carbonyl (C=O) groups excluding carboxylic acids is 1. The molecule has 0 aliphatic carbocycles. The van der Waals surface area contributed by atoms with Gasteiger partial charge in [0.2, 0.25) is 5.82 Å². The molecule has 2 heterocycles. The number of carbonyl (C=O) groups is 1. The number of aromatic nitrogens is 2. The van der Waals surface area contributed by atoms with Crippen molar-refractivity contribution in [3.63, 3.8) is 0 Å². The summed E-state index contributed by atoms with van der Waals surface area (Å²) in [5.74, 6) is -2.13. The van der Waals surface area contributed by atoms with Gasteiger partial charge in [-0.3, -0.25) is 19.1 Å². The molecule has 6 atom stereocenters. The number of alkyl halides is 3. The maximum absolute atomic E-state index is 15.3. The van der Waals surface area contributed by atoms with Crippen molar-refractivity contribution in [1.82, 2.24) is 14.6 Å². The van der Waals surface area contributed by atoms with Crippen molar-refractivity contribution in [2.45, 2.75) is 63.4 Å². The summed E-state index contributed by atoms with van der Waals surface area (Å²) in [5.41, 5.74) is -5.95. The van der Waals surface area contributed by atoms with Crippen LogP contribution in [-0.2, 0) is 30.6 Å². The van der Waals surface area contributed by atoms with Crippen molar-refractivity contribution >= 4 is 35.2 Å². The molecule has 0 spiro atoms. The van der Waals surface area contributed by atoms with Crippen LogP contribution in [0, 0.1) is 5.82 Å². The molecule has 3 aromatic rings. The van der Waals surface area contributed by atoms with E-state index in [1.54, 1.807) is 55.2 Å². The molecule has 0 bridgehead atoms. The summed E-state index contributed by atoms with van der Waals surface area (Å²) < 4.78 is 80.5. The highest BCUT2D eigenvalue weighted by Gasteiger charge is 2.62. The van der Waals surface area contributed by atoms with Crippen LogP contribution in [0.15, 0.2) is 58.3 Å². The first-order valence-corrected chi connectivity index (χ1v) is 15.5. The van der Waals surface area contributed by atoms with E-state index in [0.717, 1.165) is 5.39 Å². The summed E-state index contributed by atoms with van der Waals surface area (Å²) in [5, 5.41) is 14.6. The molecule has 3 N–H and O–H groups in total. The maximum atomic E-state index is 15.3. The number of nitrogens with zero attached hydrogens (tertiary/aromatic N) is 1. The lowest BCUT2D eigenvalue weighted by Crippen LogP contribution is -2.52. The molecule has 0 saturated carbocycles. The highest BCUT2D eigenvalue weighted by molar-refractivity contribution is 8.09. The Labute approximate surface area is 246 Å². The van der Waals surface area contributed by atoms with E-state index in [0.29, 0.717) is 5.39 Å². The van der Waals surface area contributed by atoms with Crippen molar-refractivity contribution in [3.8, 4) is 5.75 Å². The first-order chi connectivity index (χ1) is 20.2. The number of benzene rings is 2. The minimum Gasteiger partial charge on any atom is -0.462 e. The van der Waals surface area contributed by atoms with Crippen molar-refractivity contribution in [3.05, 3.63) is 75.3 Å². The van der Waals surface area contributed by atoms with E-state index >= 15 is 4.39 Å². The summed E-state index contributed by atoms with van der Waals surface area (Å²) in [6.45, 7) is -0.747. The third-order valence-electron chi connectivity index (χ3n) is 6.47. The fraction of sp³-hybridized carbons (Fsp3) is 0.423. The first-order valence-electron chi connectivity index (χ1n) is 12.9. The summed E-state index contributed by atoms with van der Waals surface area (Å²) in [6, 6.07) is 10.7. The number of esters is 1. The standard InChI is InChI=1S/C26H28F4N3O8PS/c1-13(2)39-23(36)14(3)32-42(43,41-18-10-6-8-15-7-4-5-9-16(15)18)38-12-26(24(29)30)20(34)19(28)22(40-26)33-11-17(27)21(35)31-25(33)37/h4-11,13-14,19-20,22,24,34H,12H2,1-3H3,(H,32,43)(H,31,35,37). The second-order valence-electron chi connectivity index (χ2n) is 9.97. The van der Waals surface area contributed by atoms with Gasteiger partial charge in [-0.05, 0) is 44.0 Å². The zero-order valence-electron chi connectivity index (χ0n) is 22.9. The van der Waals surface area contributed by atoms with E-state index in [4.69, 9.17) is 30.3 Å². The van der Waals surface area contributed by atoms with Crippen LogP contribution < -0.4 is 20.9 Å². The predicted molar refractivity (Wildman–Crippen MR) is 150 cm³/mol. The third kappa shape index (κ3) is 6.84. The maximum Gasteiger partial charge on any atom is 0.330 e. The van der Waals surface area contributed by atoms with Crippen molar-refractivity contribution < 1.29 is 46.0 Å². The van der Waals surface area contributed by atoms with Gasteiger partial charge in [-0.2, -0.15) is 4.39 Å². The molecule has 17 heteroatoms. The van der Waals surface area contributed by atoms with Crippen LogP contribution in [0.5, 0.6) is 5.75 Å². The molecule has 6 unspecified atom stereocenters. The minimum atomic E-state index is -4.04. The van der Waals surface area contributed by atoms with Gasteiger partial charge in [0.15, 0.2) is 18.0 Å². The van der Waals surface area contributed by atoms with Crippen LogP contribution >= 0.6 is 6.64 Å². The van der Waals surface area contributed by atoms with Crippen LogP contribution in [-0.4, -0.2) is 63.7 Å². The Morgan fingerprint density at radius 3 is 2.56 bits per heavy atom. The van der Waals surface area contributed by atoms with Gasteiger partial charge >= 0.3 is 18.3 Å². The number of hydrogen-bond donors (Lipinski definition) is 3. The molecule has 43 heavy (non-hydrogen) atoms. The number of aliphatic hydroxyl groups excluding tert-OH is 1. The number of hydrogen-bond acceptors (Lipinski definition) is 9. The molecule has 0 radical (unpaired) electrons. The van der Waals surface area contributed by atoms with Crippen molar-refractivity contribution in [2.24, 2.45) is 0 Å². The van der Waals surface area contributed by atoms with E-state index in [9.17, 15) is 32.7 Å². The van der Waals surface area contributed by atoms with Crippen molar-refractivity contribution in [1.29, 1.82) is 0 Å². The second-order valence-corrected chi connectivity index (χ2v) is 13.1. The summed E-state index contributed by atoms with van der Waals surface area (Å²) in [7, 11) is 0. The molecule has 2 aromatic carbocycles. The molecule has 1 aromatic heterocycles. The first kappa shape index (κ1) is 32.8. The van der Waals surface area contributed by atoms with Crippen LogP contribution in [0.25, 0.3) is 10.8 Å². The number of aliphatic hydroxyl groups is 1. The summed E-state index contributed by atoms with van der Waals surface area (Å²) in [6.07, 6.45) is -11.5. The monoisotopic (exact) mass is 649 g/mol. The van der Waals surface area contributed by atoms with Gasteiger partial charge in [-0.1, -0.05) is 36.4 Å². The Balaban J connectivity index is 1.69. The molecule has 1 fully saturated rings. The number of aromatic amines is 1. The Kier molecular flexibility index (Phi) is 9.79. The molecule has 1 aliphatic heterocycles. The Morgan fingerprint density at radius 1 is 1.21 bits per heavy atom. The number of ether oxygens (including phenoxy) is 2. The highest BCUT2D eigenvalue weighted by atomic mass is 32.5. The fourth-order valence-corrected chi connectivity index (χ4v) is 6.74. The minimum absolute atomic E-state index is 0.161. The fourth-order valence-electron chi connectivity index (χ4n) is 4.31. The molecular formula is C26H28F4N3O8PS. The molecule has 1 saturated heterocycles. The topological polar surface area (TPSA) is 141 Å². The summed E-state index contributed by atoms with van der Waals surface area (Å²) >= 11 is 5.60. The number of halogens is 4. The van der Waals surface area contributed by atoms with Gasteiger partial charge in [0.1, 0.15) is 17.9 Å².